The van der Waals surface area contributed by atoms with Gasteiger partial charge in [-0.15, -0.1) is 0 Å². The lowest BCUT2D eigenvalue weighted by atomic mass is 10.2. The van der Waals surface area contributed by atoms with Crippen LogP contribution in [0.2, 0.25) is 5.02 Å². The van der Waals surface area contributed by atoms with Crippen molar-refractivity contribution in [3.63, 3.8) is 0 Å². The van der Waals surface area contributed by atoms with Crippen LogP contribution in [0.1, 0.15) is 11.1 Å². The van der Waals surface area contributed by atoms with Crippen LogP contribution in [0, 0.1) is 27.3 Å². The Bertz CT molecular complexity index is 743. The Morgan fingerprint density at radius 1 is 1.38 bits per heavy atom. The number of rotatable bonds is 4. The highest BCUT2D eigenvalue weighted by molar-refractivity contribution is 6.31. The summed E-state index contributed by atoms with van der Waals surface area (Å²) in [5.74, 6) is -0.605. The lowest BCUT2D eigenvalue weighted by Gasteiger charge is -2.08. The molecule has 0 aliphatic carbocycles. The number of nitriles is 1. The number of hydrogen-bond acceptors (Lipinski definition) is 4. The number of nitrogens with zero attached hydrogens (tertiary/aromatic N) is 2. The van der Waals surface area contributed by atoms with Gasteiger partial charge in [-0.3, -0.25) is 10.1 Å². The van der Waals surface area contributed by atoms with E-state index in [1.54, 1.807) is 6.07 Å². The van der Waals surface area contributed by atoms with Crippen molar-refractivity contribution < 1.29 is 14.1 Å². The highest BCUT2D eigenvalue weighted by Gasteiger charge is 2.17. The summed E-state index contributed by atoms with van der Waals surface area (Å²) < 4.78 is 18.6. The summed E-state index contributed by atoms with van der Waals surface area (Å²) in [6.45, 7) is -0.122. The zero-order valence-corrected chi connectivity index (χ0v) is 11.3. The van der Waals surface area contributed by atoms with E-state index in [1.807, 2.05) is 6.07 Å². The van der Waals surface area contributed by atoms with Gasteiger partial charge < -0.3 is 4.74 Å². The molecule has 0 atom stereocenters. The fourth-order valence-corrected chi connectivity index (χ4v) is 1.85. The first-order valence-electron chi connectivity index (χ1n) is 5.77. The molecule has 2 aromatic rings. The minimum atomic E-state index is -0.649. The fraction of sp³-hybridized carbons (Fsp3) is 0.0714. The molecule has 0 fully saturated rings. The number of nitro benzene ring substituents is 1. The predicted octanol–water partition coefficient (Wildman–Crippen LogP) is 3.84. The van der Waals surface area contributed by atoms with Crippen molar-refractivity contribution in [1.29, 1.82) is 5.26 Å². The predicted molar refractivity (Wildman–Crippen MR) is 73.6 cm³/mol. The monoisotopic (exact) mass is 306 g/mol. The Hall–Kier alpha value is -2.65. The maximum atomic E-state index is 13.3. The lowest BCUT2D eigenvalue weighted by Crippen LogP contribution is -2.00. The van der Waals surface area contributed by atoms with Crippen LogP contribution in [-0.4, -0.2) is 4.92 Å². The summed E-state index contributed by atoms with van der Waals surface area (Å²) >= 11 is 5.78. The Morgan fingerprint density at radius 2 is 2.14 bits per heavy atom. The van der Waals surface area contributed by atoms with Crippen LogP contribution >= 0.6 is 11.6 Å². The van der Waals surface area contributed by atoms with Crippen LogP contribution in [0.3, 0.4) is 0 Å². The number of nitro groups is 1. The van der Waals surface area contributed by atoms with Crippen molar-refractivity contribution in [1.82, 2.24) is 0 Å². The van der Waals surface area contributed by atoms with E-state index in [0.717, 1.165) is 6.07 Å². The number of halogens is 2. The van der Waals surface area contributed by atoms with Crippen LogP contribution < -0.4 is 4.74 Å². The molecule has 21 heavy (non-hydrogen) atoms. The van der Waals surface area contributed by atoms with Gasteiger partial charge in [-0.2, -0.15) is 5.26 Å². The SMILES string of the molecule is N#Cc1ccc(OCc2cccc(F)c2Cl)c([N+](=O)[O-])c1. The van der Waals surface area contributed by atoms with E-state index in [1.165, 1.54) is 24.3 Å². The Kier molecular flexibility index (Phi) is 4.36. The van der Waals surface area contributed by atoms with Gasteiger partial charge in [0.1, 0.15) is 12.4 Å². The molecular formula is C14H8ClFN2O3. The standard InChI is InChI=1S/C14H8ClFN2O3/c15-14-10(2-1-3-11(14)16)8-21-13-5-4-9(7-17)6-12(13)18(19)20/h1-6H,8H2. The lowest BCUT2D eigenvalue weighted by molar-refractivity contribution is -0.386. The topological polar surface area (TPSA) is 76.2 Å². The van der Waals surface area contributed by atoms with Crippen LogP contribution in [0.25, 0.3) is 0 Å². The molecule has 0 heterocycles. The van der Waals surface area contributed by atoms with Crippen LogP contribution in [0.15, 0.2) is 36.4 Å². The van der Waals surface area contributed by atoms with E-state index in [4.69, 9.17) is 21.6 Å². The van der Waals surface area contributed by atoms with Crippen molar-refractivity contribution in [2.75, 3.05) is 0 Å². The largest absolute Gasteiger partial charge is 0.482 e. The van der Waals surface area contributed by atoms with Crippen molar-refractivity contribution in [3.8, 4) is 11.8 Å². The van der Waals surface area contributed by atoms with E-state index in [2.05, 4.69) is 0 Å². The third kappa shape index (κ3) is 3.27. The van der Waals surface area contributed by atoms with Gasteiger partial charge in [0.05, 0.1) is 21.6 Å². The van der Waals surface area contributed by atoms with Gasteiger partial charge in [-0.1, -0.05) is 23.7 Å². The van der Waals surface area contributed by atoms with Gasteiger partial charge in [0.25, 0.3) is 0 Å². The molecule has 0 bridgehead atoms. The quantitative estimate of drug-likeness (QED) is 0.635. The fourth-order valence-electron chi connectivity index (χ4n) is 1.67. The second-order valence-corrected chi connectivity index (χ2v) is 4.43. The Balaban J connectivity index is 2.26. The summed E-state index contributed by atoms with van der Waals surface area (Å²) in [7, 11) is 0. The van der Waals surface area contributed by atoms with Crippen LogP contribution in [0.5, 0.6) is 5.75 Å². The average molecular weight is 307 g/mol. The van der Waals surface area contributed by atoms with Crippen molar-refractivity contribution >= 4 is 17.3 Å². The number of benzene rings is 2. The van der Waals surface area contributed by atoms with E-state index < -0.39 is 10.7 Å². The minimum absolute atomic E-state index is 0.0145. The number of ether oxygens (including phenoxy) is 1. The first-order valence-corrected chi connectivity index (χ1v) is 6.15. The molecule has 0 radical (unpaired) electrons. The van der Waals surface area contributed by atoms with Gasteiger partial charge in [-0.25, -0.2) is 4.39 Å². The molecule has 0 N–H and O–H groups in total. The molecule has 2 rings (SSSR count). The minimum Gasteiger partial charge on any atom is -0.482 e. The van der Waals surface area contributed by atoms with E-state index in [9.17, 15) is 14.5 Å². The summed E-state index contributed by atoms with van der Waals surface area (Å²) in [5, 5.41) is 19.6. The molecule has 0 unspecified atom stereocenters. The summed E-state index contributed by atoms with van der Waals surface area (Å²) in [4.78, 5) is 10.3. The summed E-state index contributed by atoms with van der Waals surface area (Å²) in [5.41, 5.74) is 0.190. The molecule has 5 nitrogen and oxygen atoms in total. The van der Waals surface area contributed by atoms with Crippen molar-refractivity contribution in [2.45, 2.75) is 6.61 Å². The van der Waals surface area contributed by atoms with Gasteiger partial charge in [0.2, 0.25) is 0 Å². The molecule has 0 amide bonds. The van der Waals surface area contributed by atoms with Gasteiger partial charge in [0.15, 0.2) is 5.75 Å². The highest BCUT2D eigenvalue weighted by atomic mass is 35.5. The first kappa shape index (κ1) is 14.8. The van der Waals surface area contributed by atoms with Gasteiger partial charge in [0, 0.05) is 11.6 Å². The average Bonchev–Trinajstić information content (AvgIpc) is 2.48. The zero-order valence-electron chi connectivity index (χ0n) is 10.5. The molecule has 0 aromatic heterocycles. The molecule has 106 valence electrons. The molecule has 0 aliphatic rings. The Morgan fingerprint density at radius 3 is 2.81 bits per heavy atom. The van der Waals surface area contributed by atoms with Crippen molar-refractivity contribution in [2.24, 2.45) is 0 Å². The molecule has 2 aromatic carbocycles. The van der Waals surface area contributed by atoms with Crippen molar-refractivity contribution in [3.05, 3.63) is 68.5 Å². The summed E-state index contributed by atoms with van der Waals surface area (Å²) in [6, 6.07) is 9.87. The maximum absolute atomic E-state index is 13.3. The van der Waals surface area contributed by atoms with Crippen LogP contribution in [-0.2, 0) is 6.61 Å². The number of hydrogen-bond donors (Lipinski definition) is 0. The molecular weight excluding hydrogens is 299 g/mol. The molecule has 0 spiro atoms. The Labute approximate surface area is 124 Å². The van der Waals surface area contributed by atoms with E-state index in [-0.39, 0.29) is 28.6 Å². The summed E-state index contributed by atoms with van der Waals surface area (Å²) in [6.07, 6.45) is 0. The maximum Gasteiger partial charge on any atom is 0.312 e. The third-order valence-electron chi connectivity index (χ3n) is 2.70. The van der Waals surface area contributed by atoms with Gasteiger partial charge in [-0.05, 0) is 18.2 Å². The normalized spacial score (nSPS) is 9.95. The third-order valence-corrected chi connectivity index (χ3v) is 3.12. The smallest absolute Gasteiger partial charge is 0.312 e. The second-order valence-electron chi connectivity index (χ2n) is 4.05. The van der Waals surface area contributed by atoms with E-state index >= 15 is 0 Å². The van der Waals surface area contributed by atoms with Gasteiger partial charge >= 0.3 is 5.69 Å². The zero-order chi connectivity index (χ0) is 15.4. The highest BCUT2D eigenvalue weighted by Crippen LogP contribution is 2.29. The second kappa shape index (κ2) is 6.20. The molecule has 0 aliphatic heterocycles. The van der Waals surface area contributed by atoms with E-state index in [0.29, 0.717) is 5.56 Å². The van der Waals surface area contributed by atoms with Crippen LogP contribution in [0.4, 0.5) is 10.1 Å². The molecule has 7 heteroatoms. The molecule has 0 saturated heterocycles. The first-order chi connectivity index (χ1) is 10.0. The molecule has 0 saturated carbocycles.